The third-order valence-electron chi connectivity index (χ3n) is 4.40. The van der Waals surface area contributed by atoms with Crippen molar-refractivity contribution in [2.24, 2.45) is 0 Å². The first kappa shape index (κ1) is 17.1. The van der Waals surface area contributed by atoms with E-state index in [2.05, 4.69) is 31.7 Å². The highest BCUT2D eigenvalue weighted by atomic mass is 16.4. The zero-order valence-electron chi connectivity index (χ0n) is 15.1. The summed E-state index contributed by atoms with van der Waals surface area (Å²) >= 11 is 0. The van der Waals surface area contributed by atoms with Gasteiger partial charge in [-0.15, -0.1) is 0 Å². The summed E-state index contributed by atoms with van der Waals surface area (Å²) in [6.45, 7) is 4.15. The summed E-state index contributed by atoms with van der Waals surface area (Å²) in [7, 11) is 0. The van der Waals surface area contributed by atoms with Crippen LogP contribution in [0.4, 0.5) is 17.5 Å². The van der Waals surface area contributed by atoms with Gasteiger partial charge in [-0.3, -0.25) is 0 Å². The Balaban J connectivity index is 1.65. The normalized spacial score (nSPS) is 15.0. The van der Waals surface area contributed by atoms with E-state index in [1.165, 1.54) is 5.56 Å². The van der Waals surface area contributed by atoms with Crippen molar-refractivity contribution in [1.82, 2.24) is 15.0 Å². The smallest absolute Gasteiger partial charge is 0.239 e. The van der Waals surface area contributed by atoms with Gasteiger partial charge in [-0.1, -0.05) is 17.9 Å². The number of nitrogen functional groups attached to an aromatic ring is 1. The topological polar surface area (TPSA) is 101 Å². The van der Waals surface area contributed by atoms with Gasteiger partial charge >= 0.3 is 0 Å². The van der Waals surface area contributed by atoms with E-state index in [0.717, 1.165) is 30.0 Å². The van der Waals surface area contributed by atoms with Crippen molar-refractivity contribution >= 4 is 17.5 Å². The molecule has 1 unspecified atom stereocenters. The number of aryl methyl sites for hydroxylation is 1. The van der Waals surface area contributed by atoms with Crippen LogP contribution in [0, 0.1) is 18.8 Å². The van der Waals surface area contributed by atoms with E-state index in [4.69, 9.17) is 10.2 Å². The molecular weight excluding hydrogens is 342 g/mol. The van der Waals surface area contributed by atoms with Gasteiger partial charge in [-0.05, 0) is 44.0 Å². The fraction of sp³-hybridized carbons (Fsp3) is 0.250. The second kappa shape index (κ2) is 6.41. The molecule has 4 rings (SSSR count). The van der Waals surface area contributed by atoms with Gasteiger partial charge in [0.1, 0.15) is 11.6 Å². The molecule has 7 nitrogen and oxygen atoms in total. The van der Waals surface area contributed by atoms with Gasteiger partial charge in [0, 0.05) is 24.0 Å². The molecule has 0 spiro atoms. The standard InChI is InChI=1S/C20H19N5O2/c1-13-12-23-18(27-13)20(2,26)8-5-14-3-4-15-7-10-25(16(15)11-14)17-6-9-22-19(21)24-17/h3-4,6,9,11-12,26H,7,10H2,1-2H3,(H2,21,22,24). The van der Waals surface area contributed by atoms with Crippen LogP contribution < -0.4 is 10.6 Å². The average molecular weight is 361 g/mol. The summed E-state index contributed by atoms with van der Waals surface area (Å²) < 4.78 is 5.40. The van der Waals surface area contributed by atoms with Crippen LogP contribution in [-0.4, -0.2) is 26.6 Å². The first-order valence-electron chi connectivity index (χ1n) is 8.60. The number of anilines is 3. The second-order valence-electron chi connectivity index (χ2n) is 6.62. The van der Waals surface area contributed by atoms with E-state index in [-0.39, 0.29) is 11.8 Å². The first-order chi connectivity index (χ1) is 12.9. The number of nitrogens with zero attached hydrogens (tertiary/aromatic N) is 4. The Morgan fingerprint density at radius 3 is 2.89 bits per heavy atom. The molecule has 1 aromatic carbocycles. The van der Waals surface area contributed by atoms with E-state index < -0.39 is 5.60 Å². The van der Waals surface area contributed by atoms with Crippen LogP contribution in [0.1, 0.15) is 29.7 Å². The zero-order chi connectivity index (χ0) is 19.0. The number of nitrogens with two attached hydrogens (primary N) is 1. The van der Waals surface area contributed by atoms with Gasteiger partial charge in [-0.2, -0.15) is 4.98 Å². The molecule has 0 saturated carbocycles. The highest BCUT2D eigenvalue weighted by molar-refractivity contribution is 5.69. The SMILES string of the molecule is Cc1cnc(C(C)(O)C#Cc2ccc3c(c2)N(c2ccnc(N)n2)CC3)o1. The molecule has 0 aliphatic carbocycles. The molecule has 3 heterocycles. The summed E-state index contributed by atoms with van der Waals surface area (Å²) in [5.41, 5.74) is 7.28. The molecule has 2 aromatic heterocycles. The lowest BCUT2D eigenvalue weighted by atomic mass is 10.1. The third-order valence-corrected chi connectivity index (χ3v) is 4.40. The number of oxazole rings is 1. The molecule has 3 N–H and O–H groups in total. The van der Waals surface area contributed by atoms with Crippen molar-refractivity contribution < 1.29 is 9.52 Å². The lowest BCUT2D eigenvalue weighted by molar-refractivity contribution is 0.0882. The van der Waals surface area contributed by atoms with E-state index in [0.29, 0.717) is 5.76 Å². The summed E-state index contributed by atoms with van der Waals surface area (Å²) in [6.07, 6.45) is 4.13. The van der Waals surface area contributed by atoms with Crippen LogP contribution in [0.2, 0.25) is 0 Å². The van der Waals surface area contributed by atoms with Crippen LogP contribution in [0.5, 0.6) is 0 Å². The van der Waals surface area contributed by atoms with Crippen molar-refractivity contribution in [2.75, 3.05) is 17.2 Å². The molecule has 1 aliphatic heterocycles. The van der Waals surface area contributed by atoms with Gasteiger partial charge in [0.05, 0.1) is 6.20 Å². The van der Waals surface area contributed by atoms with Crippen LogP contribution in [0.25, 0.3) is 0 Å². The molecule has 0 saturated heterocycles. The fourth-order valence-corrected chi connectivity index (χ4v) is 3.04. The van der Waals surface area contributed by atoms with E-state index in [1.54, 1.807) is 26.2 Å². The fourth-order valence-electron chi connectivity index (χ4n) is 3.04. The van der Waals surface area contributed by atoms with Gasteiger partial charge in [0.25, 0.3) is 0 Å². The van der Waals surface area contributed by atoms with Crippen molar-refractivity contribution in [3.63, 3.8) is 0 Å². The summed E-state index contributed by atoms with van der Waals surface area (Å²) in [5, 5.41) is 10.5. The maximum Gasteiger partial charge on any atom is 0.239 e. The minimum Gasteiger partial charge on any atom is -0.442 e. The largest absolute Gasteiger partial charge is 0.442 e. The minimum absolute atomic E-state index is 0.187. The van der Waals surface area contributed by atoms with E-state index in [9.17, 15) is 5.11 Å². The number of aliphatic hydroxyl groups is 1. The quantitative estimate of drug-likeness (QED) is 0.675. The molecule has 27 heavy (non-hydrogen) atoms. The van der Waals surface area contributed by atoms with Gasteiger partial charge in [-0.25, -0.2) is 9.97 Å². The number of fused-ring (bicyclic) bond motifs is 1. The lowest BCUT2D eigenvalue weighted by Gasteiger charge is -2.18. The van der Waals surface area contributed by atoms with Gasteiger partial charge < -0.3 is 20.2 Å². The molecular formula is C20H19N5O2. The lowest BCUT2D eigenvalue weighted by Crippen LogP contribution is -2.18. The molecule has 0 bridgehead atoms. The monoisotopic (exact) mass is 361 g/mol. The van der Waals surface area contributed by atoms with Crippen LogP contribution in [0.3, 0.4) is 0 Å². The molecule has 136 valence electrons. The second-order valence-corrected chi connectivity index (χ2v) is 6.62. The molecule has 0 amide bonds. The Kier molecular flexibility index (Phi) is 4.05. The minimum atomic E-state index is -1.46. The van der Waals surface area contributed by atoms with E-state index in [1.807, 2.05) is 24.3 Å². The average Bonchev–Trinajstić information content (AvgIpc) is 3.26. The number of benzene rings is 1. The predicted octanol–water partition coefficient (Wildman–Crippen LogP) is 2.31. The Bertz CT molecular complexity index is 1060. The Labute approximate surface area is 156 Å². The Morgan fingerprint density at radius 2 is 2.15 bits per heavy atom. The number of rotatable bonds is 2. The van der Waals surface area contributed by atoms with Gasteiger partial charge in [0.15, 0.2) is 5.60 Å². The Hall–Kier alpha value is -3.37. The van der Waals surface area contributed by atoms with Crippen molar-refractivity contribution in [1.29, 1.82) is 0 Å². The third kappa shape index (κ3) is 3.35. The van der Waals surface area contributed by atoms with Crippen molar-refractivity contribution in [2.45, 2.75) is 25.9 Å². The number of hydrogen-bond donors (Lipinski definition) is 2. The van der Waals surface area contributed by atoms with E-state index >= 15 is 0 Å². The summed E-state index contributed by atoms with van der Waals surface area (Å²) in [6, 6.07) is 7.82. The number of hydrogen-bond acceptors (Lipinski definition) is 7. The highest BCUT2D eigenvalue weighted by Crippen LogP contribution is 2.34. The van der Waals surface area contributed by atoms with Crippen LogP contribution >= 0.6 is 0 Å². The maximum absolute atomic E-state index is 10.5. The first-order valence-corrected chi connectivity index (χ1v) is 8.60. The van der Waals surface area contributed by atoms with Crippen molar-refractivity contribution in [3.8, 4) is 11.8 Å². The number of aromatic nitrogens is 3. The summed E-state index contributed by atoms with van der Waals surface area (Å²) in [5.74, 6) is 7.69. The Morgan fingerprint density at radius 1 is 1.30 bits per heavy atom. The molecule has 0 fully saturated rings. The maximum atomic E-state index is 10.5. The highest BCUT2D eigenvalue weighted by Gasteiger charge is 2.26. The molecule has 1 aliphatic rings. The summed E-state index contributed by atoms with van der Waals surface area (Å²) in [4.78, 5) is 14.4. The van der Waals surface area contributed by atoms with Crippen molar-refractivity contribution in [3.05, 3.63) is 59.4 Å². The zero-order valence-corrected chi connectivity index (χ0v) is 15.1. The molecule has 0 radical (unpaired) electrons. The molecule has 3 aromatic rings. The van der Waals surface area contributed by atoms with Crippen LogP contribution in [0.15, 0.2) is 41.1 Å². The van der Waals surface area contributed by atoms with Crippen LogP contribution in [-0.2, 0) is 12.0 Å². The predicted molar refractivity (Wildman–Crippen MR) is 101 cm³/mol. The van der Waals surface area contributed by atoms with Gasteiger partial charge in [0.2, 0.25) is 11.8 Å². The molecule has 1 atom stereocenters. The molecule has 7 heteroatoms.